The van der Waals surface area contributed by atoms with E-state index in [4.69, 9.17) is 11.6 Å². The molecule has 4 heteroatoms. The van der Waals surface area contributed by atoms with Crippen LogP contribution in [0.25, 0.3) is 0 Å². The Morgan fingerprint density at radius 2 is 1.79 bits per heavy atom. The lowest BCUT2D eigenvalue weighted by atomic mass is 10.2. The van der Waals surface area contributed by atoms with E-state index >= 15 is 0 Å². The molecule has 1 heterocycles. The van der Waals surface area contributed by atoms with Crippen LogP contribution >= 0.6 is 11.6 Å². The highest BCUT2D eigenvalue weighted by atomic mass is 35.5. The molecule has 0 aliphatic carbocycles. The van der Waals surface area contributed by atoms with Gasteiger partial charge in [0, 0.05) is 18.7 Å². The number of nitrogens with zero attached hydrogens (tertiary/aromatic N) is 1. The summed E-state index contributed by atoms with van der Waals surface area (Å²) in [4.78, 5) is 24.3. The fraction of sp³-hybridized carbons (Fsp3) is 0.600. The molecule has 0 saturated carbocycles. The minimum atomic E-state index is -0.0984. The van der Waals surface area contributed by atoms with Crippen LogP contribution in [0.1, 0.15) is 25.7 Å². The molecule has 0 aromatic heterocycles. The third kappa shape index (κ3) is 2.84. The first kappa shape index (κ1) is 11.2. The highest BCUT2D eigenvalue weighted by Gasteiger charge is 2.23. The molecule has 2 amide bonds. The van der Waals surface area contributed by atoms with Crippen LogP contribution in [-0.2, 0) is 9.59 Å². The van der Waals surface area contributed by atoms with Crippen molar-refractivity contribution >= 4 is 23.4 Å². The maximum absolute atomic E-state index is 11.5. The molecule has 1 aliphatic rings. The van der Waals surface area contributed by atoms with Crippen LogP contribution in [0.15, 0.2) is 12.2 Å². The molecule has 1 aliphatic heterocycles. The lowest BCUT2D eigenvalue weighted by Gasteiger charge is -2.18. The number of halogens is 1. The second-order valence-corrected chi connectivity index (χ2v) is 3.73. The number of hydrogen-bond acceptors (Lipinski definition) is 2. The molecular weight excluding hydrogens is 202 g/mol. The number of amides is 2. The van der Waals surface area contributed by atoms with E-state index in [0.717, 1.165) is 12.8 Å². The summed E-state index contributed by atoms with van der Waals surface area (Å²) in [5.74, 6) is 0.0920. The van der Waals surface area contributed by atoms with Gasteiger partial charge in [-0.25, -0.2) is 0 Å². The van der Waals surface area contributed by atoms with Crippen LogP contribution in [0.5, 0.6) is 0 Å². The maximum Gasteiger partial charge on any atom is 0.229 e. The quantitative estimate of drug-likeness (QED) is 0.408. The van der Waals surface area contributed by atoms with E-state index < -0.39 is 0 Å². The number of alkyl halides is 1. The molecule has 0 unspecified atom stereocenters. The van der Waals surface area contributed by atoms with Crippen LogP contribution in [-0.4, -0.2) is 29.1 Å². The number of imide groups is 1. The van der Waals surface area contributed by atoms with Gasteiger partial charge in [-0.3, -0.25) is 14.5 Å². The molecule has 0 radical (unpaired) electrons. The minimum absolute atomic E-state index is 0.0984. The van der Waals surface area contributed by atoms with Gasteiger partial charge in [-0.2, -0.15) is 0 Å². The minimum Gasteiger partial charge on any atom is -0.278 e. The molecule has 1 fully saturated rings. The fourth-order valence-electron chi connectivity index (χ4n) is 1.40. The van der Waals surface area contributed by atoms with Gasteiger partial charge >= 0.3 is 0 Å². The Kier molecular flexibility index (Phi) is 4.14. The molecule has 3 nitrogen and oxygen atoms in total. The van der Waals surface area contributed by atoms with E-state index in [0.29, 0.717) is 18.4 Å². The summed E-state index contributed by atoms with van der Waals surface area (Å²) >= 11 is 5.56. The van der Waals surface area contributed by atoms with Crippen molar-refractivity contribution in [3.63, 3.8) is 0 Å². The number of likely N-dealkylation sites (tertiary alicyclic amines) is 1. The van der Waals surface area contributed by atoms with Gasteiger partial charge < -0.3 is 0 Å². The average Bonchev–Trinajstić information content (AvgIpc) is 2.32. The van der Waals surface area contributed by atoms with Crippen LogP contribution < -0.4 is 0 Å². The van der Waals surface area contributed by atoms with E-state index in [1.165, 1.54) is 4.90 Å². The first-order valence-electron chi connectivity index (χ1n) is 4.71. The predicted octanol–water partition coefficient (Wildman–Crippen LogP) is 1.71. The summed E-state index contributed by atoms with van der Waals surface area (Å²) in [5.41, 5.74) is 0.704. The van der Waals surface area contributed by atoms with Gasteiger partial charge in [0.2, 0.25) is 11.8 Å². The van der Waals surface area contributed by atoms with Gasteiger partial charge in [0.15, 0.2) is 0 Å². The number of carbonyl (C=O) groups excluding carboxylic acids is 2. The van der Waals surface area contributed by atoms with E-state index in [1.807, 2.05) is 0 Å². The average molecular weight is 216 g/mol. The Bertz CT molecular complexity index is 245. The number of hydrogen-bond donors (Lipinski definition) is 0. The molecule has 1 saturated heterocycles. The second kappa shape index (κ2) is 5.15. The summed E-state index contributed by atoms with van der Waals surface area (Å²) < 4.78 is 0. The Labute approximate surface area is 88.7 Å². The standard InChI is InChI=1S/C10H14ClNO2/c1-8(6-11)7-12-9(13)4-2-3-5-10(12)14/h1-7H2. The van der Waals surface area contributed by atoms with Crippen LogP contribution in [0.3, 0.4) is 0 Å². The molecule has 1 rings (SSSR count). The molecular formula is C10H14ClNO2. The van der Waals surface area contributed by atoms with E-state index in [-0.39, 0.29) is 24.2 Å². The molecule has 0 N–H and O–H groups in total. The monoisotopic (exact) mass is 215 g/mol. The third-order valence-corrected chi connectivity index (χ3v) is 2.58. The fourth-order valence-corrected chi connectivity index (χ4v) is 1.49. The molecule has 14 heavy (non-hydrogen) atoms. The first-order valence-corrected chi connectivity index (χ1v) is 5.24. The smallest absolute Gasteiger partial charge is 0.229 e. The van der Waals surface area contributed by atoms with Gasteiger partial charge in [0.25, 0.3) is 0 Å². The molecule has 0 aromatic carbocycles. The molecule has 0 bridgehead atoms. The van der Waals surface area contributed by atoms with Gasteiger partial charge in [-0.1, -0.05) is 6.58 Å². The number of rotatable bonds is 3. The topological polar surface area (TPSA) is 37.4 Å². The van der Waals surface area contributed by atoms with Crippen molar-refractivity contribution in [1.82, 2.24) is 4.90 Å². The molecule has 0 atom stereocenters. The van der Waals surface area contributed by atoms with E-state index in [9.17, 15) is 9.59 Å². The van der Waals surface area contributed by atoms with Crippen molar-refractivity contribution in [3.05, 3.63) is 12.2 Å². The highest BCUT2D eigenvalue weighted by molar-refractivity contribution is 6.19. The Hall–Kier alpha value is -0.830. The number of carbonyl (C=O) groups is 2. The normalized spacial score (nSPS) is 18.2. The van der Waals surface area contributed by atoms with Gasteiger partial charge in [-0.05, 0) is 18.4 Å². The van der Waals surface area contributed by atoms with E-state index in [2.05, 4.69) is 6.58 Å². The molecule has 78 valence electrons. The van der Waals surface area contributed by atoms with Crippen molar-refractivity contribution in [2.45, 2.75) is 25.7 Å². The zero-order valence-corrected chi connectivity index (χ0v) is 8.85. The van der Waals surface area contributed by atoms with Crippen molar-refractivity contribution in [2.24, 2.45) is 0 Å². The Morgan fingerprint density at radius 3 is 2.21 bits per heavy atom. The first-order chi connectivity index (χ1) is 6.65. The van der Waals surface area contributed by atoms with Crippen molar-refractivity contribution in [3.8, 4) is 0 Å². The SMILES string of the molecule is C=C(CCl)CN1C(=O)CCCCC1=O. The van der Waals surface area contributed by atoms with Gasteiger partial charge in [0.1, 0.15) is 0 Å². The largest absolute Gasteiger partial charge is 0.278 e. The van der Waals surface area contributed by atoms with Crippen molar-refractivity contribution in [1.29, 1.82) is 0 Å². The summed E-state index contributed by atoms with van der Waals surface area (Å²) in [5, 5.41) is 0. The van der Waals surface area contributed by atoms with Crippen LogP contribution in [0.2, 0.25) is 0 Å². The summed E-state index contributed by atoms with van der Waals surface area (Å²) in [6.07, 6.45) is 2.52. The lowest BCUT2D eigenvalue weighted by Crippen LogP contribution is -2.36. The zero-order chi connectivity index (χ0) is 10.6. The maximum atomic E-state index is 11.5. The summed E-state index contributed by atoms with van der Waals surface area (Å²) in [6, 6.07) is 0. The van der Waals surface area contributed by atoms with Gasteiger partial charge in [-0.15, -0.1) is 11.6 Å². The summed E-state index contributed by atoms with van der Waals surface area (Å²) in [6.45, 7) is 3.97. The van der Waals surface area contributed by atoms with Crippen molar-refractivity contribution in [2.75, 3.05) is 12.4 Å². The predicted molar refractivity (Wildman–Crippen MR) is 55.0 cm³/mol. The molecule has 0 aromatic rings. The molecule has 0 spiro atoms. The summed E-state index contributed by atoms with van der Waals surface area (Å²) in [7, 11) is 0. The van der Waals surface area contributed by atoms with Crippen LogP contribution in [0.4, 0.5) is 0 Å². The van der Waals surface area contributed by atoms with E-state index in [1.54, 1.807) is 0 Å². The second-order valence-electron chi connectivity index (χ2n) is 3.46. The van der Waals surface area contributed by atoms with Crippen LogP contribution in [0, 0.1) is 0 Å². The lowest BCUT2D eigenvalue weighted by molar-refractivity contribution is -0.143. The third-order valence-electron chi connectivity index (χ3n) is 2.20. The zero-order valence-electron chi connectivity index (χ0n) is 8.09. The van der Waals surface area contributed by atoms with Crippen molar-refractivity contribution < 1.29 is 9.59 Å². The van der Waals surface area contributed by atoms with Gasteiger partial charge in [0.05, 0.1) is 6.54 Å². The Balaban J connectivity index is 2.65. The Morgan fingerprint density at radius 1 is 1.29 bits per heavy atom. The highest BCUT2D eigenvalue weighted by Crippen LogP contribution is 2.13.